The van der Waals surface area contributed by atoms with Gasteiger partial charge in [-0.15, -0.1) is 0 Å². The van der Waals surface area contributed by atoms with Gasteiger partial charge >= 0.3 is 0 Å². The van der Waals surface area contributed by atoms with E-state index in [1.165, 1.54) is 0 Å². The summed E-state index contributed by atoms with van der Waals surface area (Å²) < 4.78 is 11.3. The van der Waals surface area contributed by atoms with Crippen molar-refractivity contribution >= 4 is 0 Å². The number of allylic oxidation sites excluding steroid dienone is 1. The quantitative estimate of drug-likeness (QED) is 0.523. The van der Waals surface area contributed by atoms with E-state index in [4.69, 9.17) is 9.15 Å². The zero-order valence-electron chi connectivity index (χ0n) is 15.5. The Morgan fingerprint density at radius 2 is 1.96 bits per heavy atom. The van der Waals surface area contributed by atoms with Crippen LogP contribution in [0.25, 0.3) is 0 Å². The first-order valence-electron chi connectivity index (χ1n) is 8.51. The summed E-state index contributed by atoms with van der Waals surface area (Å²) in [6.45, 7) is 7.58. The normalized spacial score (nSPS) is 13.0. The minimum absolute atomic E-state index is 0.0243. The first-order chi connectivity index (χ1) is 12.0. The molecule has 1 aromatic carbocycles. The summed E-state index contributed by atoms with van der Waals surface area (Å²) in [5.74, 6) is 6.31. The maximum atomic E-state index is 6.14. The average Bonchev–Trinajstić information content (AvgIpc) is 3.08. The molecule has 25 heavy (non-hydrogen) atoms. The summed E-state index contributed by atoms with van der Waals surface area (Å²) in [7, 11) is 2.05. The van der Waals surface area contributed by atoms with Crippen LogP contribution in [-0.4, -0.2) is 18.5 Å². The monoisotopic (exact) mass is 337 g/mol. The highest BCUT2D eigenvalue weighted by molar-refractivity contribution is 5.20. The van der Waals surface area contributed by atoms with Gasteiger partial charge in [-0.2, -0.15) is 0 Å². The molecular formula is C22H27NO2. The zero-order chi connectivity index (χ0) is 18.1. The highest BCUT2D eigenvalue weighted by atomic mass is 16.5. The predicted octanol–water partition coefficient (Wildman–Crippen LogP) is 5.03. The highest BCUT2D eigenvalue weighted by Gasteiger charge is 2.16. The Morgan fingerprint density at radius 1 is 1.20 bits per heavy atom. The average molecular weight is 337 g/mol. The Morgan fingerprint density at radius 3 is 2.60 bits per heavy atom. The third-order valence-electron chi connectivity index (χ3n) is 3.51. The fourth-order valence-electron chi connectivity index (χ4n) is 2.28. The molecule has 2 rings (SSSR count). The van der Waals surface area contributed by atoms with Crippen LogP contribution in [0.2, 0.25) is 0 Å². The fraction of sp³-hybridized carbons (Fsp3) is 0.364. The molecule has 3 nitrogen and oxygen atoms in total. The van der Waals surface area contributed by atoms with E-state index in [9.17, 15) is 0 Å². The molecule has 0 amide bonds. The summed E-state index contributed by atoms with van der Waals surface area (Å²) >= 11 is 0. The van der Waals surface area contributed by atoms with Crippen molar-refractivity contribution in [3.05, 3.63) is 72.2 Å². The van der Waals surface area contributed by atoms with Crippen LogP contribution in [0.15, 0.2) is 65.5 Å². The van der Waals surface area contributed by atoms with E-state index in [1.807, 2.05) is 30.3 Å². The molecular weight excluding hydrogens is 310 g/mol. The van der Waals surface area contributed by atoms with Crippen molar-refractivity contribution in [2.24, 2.45) is 5.41 Å². The van der Waals surface area contributed by atoms with Crippen molar-refractivity contribution in [1.29, 1.82) is 0 Å². The molecule has 0 N–H and O–H groups in total. The minimum Gasteiger partial charge on any atom is -0.472 e. The van der Waals surface area contributed by atoms with Gasteiger partial charge in [-0.05, 0) is 45.5 Å². The number of likely N-dealkylation sites (N-methyl/N-ethyl adjacent to an activating group) is 1. The zero-order valence-corrected chi connectivity index (χ0v) is 15.5. The Balaban J connectivity index is 2.00. The topological polar surface area (TPSA) is 25.6 Å². The number of hydrogen-bond donors (Lipinski definition) is 0. The molecule has 1 heterocycles. The lowest BCUT2D eigenvalue weighted by atomic mass is 9.98. The molecule has 0 spiro atoms. The van der Waals surface area contributed by atoms with Crippen molar-refractivity contribution in [2.75, 3.05) is 13.6 Å². The molecule has 1 unspecified atom stereocenters. The largest absolute Gasteiger partial charge is 0.472 e. The molecule has 0 fully saturated rings. The number of hydrogen-bond acceptors (Lipinski definition) is 3. The summed E-state index contributed by atoms with van der Waals surface area (Å²) in [5, 5.41) is 0. The summed E-state index contributed by atoms with van der Waals surface area (Å²) in [6, 6.07) is 12.2. The fourth-order valence-corrected chi connectivity index (χ4v) is 2.28. The van der Waals surface area contributed by atoms with E-state index < -0.39 is 0 Å². The number of nitrogens with zero attached hydrogens (tertiary/aromatic N) is 1. The lowest BCUT2D eigenvalue weighted by Crippen LogP contribution is -2.27. The maximum absolute atomic E-state index is 6.14. The molecule has 0 radical (unpaired) electrons. The van der Waals surface area contributed by atoms with Crippen LogP contribution < -0.4 is 0 Å². The first kappa shape index (κ1) is 19.1. The predicted molar refractivity (Wildman–Crippen MR) is 102 cm³/mol. The second-order valence-corrected chi connectivity index (χ2v) is 7.07. The van der Waals surface area contributed by atoms with Gasteiger partial charge in [-0.1, -0.05) is 48.2 Å². The number of rotatable bonds is 7. The van der Waals surface area contributed by atoms with Crippen LogP contribution >= 0.6 is 0 Å². The third kappa shape index (κ3) is 7.01. The summed E-state index contributed by atoms with van der Waals surface area (Å²) in [4.78, 5) is 2.16. The maximum Gasteiger partial charge on any atom is 0.137 e. The molecule has 0 aliphatic carbocycles. The molecule has 1 aromatic heterocycles. The first-order valence-corrected chi connectivity index (χ1v) is 8.51. The Hall–Kier alpha value is -2.28. The van der Waals surface area contributed by atoms with E-state index in [0.717, 1.165) is 17.7 Å². The van der Waals surface area contributed by atoms with Crippen molar-refractivity contribution in [3.63, 3.8) is 0 Å². The lowest BCUT2D eigenvalue weighted by molar-refractivity contribution is -0.0555. The van der Waals surface area contributed by atoms with Crippen molar-refractivity contribution in [2.45, 2.75) is 33.6 Å². The SMILES string of the molecule is CN(CC=CC#CC(C)(C)C)C(OCc1ccoc1)c1ccccc1. The van der Waals surface area contributed by atoms with Gasteiger partial charge in [0.2, 0.25) is 0 Å². The molecule has 2 aromatic rings. The molecule has 3 heteroatoms. The smallest absolute Gasteiger partial charge is 0.137 e. The molecule has 0 bridgehead atoms. The van der Waals surface area contributed by atoms with Crippen LogP contribution in [0, 0.1) is 17.3 Å². The van der Waals surface area contributed by atoms with Gasteiger partial charge in [0.25, 0.3) is 0 Å². The molecule has 132 valence electrons. The van der Waals surface area contributed by atoms with Gasteiger partial charge in [0.05, 0.1) is 19.1 Å². The Kier molecular flexibility index (Phi) is 7.06. The van der Waals surface area contributed by atoms with Crippen LogP contribution in [0.4, 0.5) is 0 Å². The minimum atomic E-state index is -0.128. The van der Waals surface area contributed by atoms with Gasteiger partial charge in [-0.3, -0.25) is 4.90 Å². The van der Waals surface area contributed by atoms with Crippen LogP contribution in [0.1, 0.15) is 38.1 Å². The second kappa shape index (κ2) is 9.27. The number of benzene rings is 1. The Bertz CT molecular complexity index is 700. The van der Waals surface area contributed by atoms with Crippen LogP contribution in [0.5, 0.6) is 0 Å². The molecule has 0 saturated heterocycles. The number of ether oxygens (including phenoxy) is 1. The molecule has 1 atom stereocenters. The van der Waals surface area contributed by atoms with Crippen molar-refractivity contribution in [3.8, 4) is 11.8 Å². The molecule has 0 aliphatic heterocycles. The summed E-state index contributed by atoms with van der Waals surface area (Å²) in [6.07, 6.45) is 7.23. The van der Waals surface area contributed by atoms with Crippen LogP contribution in [0.3, 0.4) is 0 Å². The van der Waals surface area contributed by atoms with Gasteiger partial charge in [-0.25, -0.2) is 0 Å². The third-order valence-corrected chi connectivity index (χ3v) is 3.51. The van der Waals surface area contributed by atoms with E-state index in [2.05, 4.69) is 62.8 Å². The Labute approximate surface area is 151 Å². The van der Waals surface area contributed by atoms with Gasteiger partial charge in [0.15, 0.2) is 0 Å². The van der Waals surface area contributed by atoms with Crippen molar-refractivity contribution in [1.82, 2.24) is 4.90 Å². The molecule has 0 saturated carbocycles. The van der Waals surface area contributed by atoms with Gasteiger partial charge < -0.3 is 9.15 Å². The van der Waals surface area contributed by atoms with Crippen LogP contribution in [-0.2, 0) is 11.3 Å². The van der Waals surface area contributed by atoms with Crippen molar-refractivity contribution < 1.29 is 9.15 Å². The molecule has 0 aliphatic rings. The standard InChI is InChI=1S/C22H27NO2/c1-22(2,3)14-9-6-10-15-23(4)21(20-11-7-5-8-12-20)25-18-19-13-16-24-17-19/h5-8,10-13,16-17,21H,15,18H2,1-4H3. The van der Waals surface area contributed by atoms with Gasteiger partial charge in [0, 0.05) is 17.5 Å². The second-order valence-electron chi connectivity index (χ2n) is 7.07. The van der Waals surface area contributed by atoms with E-state index in [-0.39, 0.29) is 11.6 Å². The van der Waals surface area contributed by atoms with E-state index in [1.54, 1.807) is 12.5 Å². The van der Waals surface area contributed by atoms with E-state index in [0.29, 0.717) is 6.61 Å². The van der Waals surface area contributed by atoms with Gasteiger partial charge in [0.1, 0.15) is 6.23 Å². The number of furan rings is 1. The van der Waals surface area contributed by atoms with E-state index >= 15 is 0 Å². The lowest BCUT2D eigenvalue weighted by Gasteiger charge is -2.27. The summed E-state index contributed by atoms with van der Waals surface area (Å²) in [5.41, 5.74) is 2.18. The highest BCUT2D eigenvalue weighted by Crippen LogP contribution is 2.22.